The molecule has 18 heavy (non-hydrogen) atoms. The zero-order valence-corrected chi connectivity index (χ0v) is 10.0. The third-order valence-electron chi connectivity index (χ3n) is 2.58. The standard InChI is InChI=1S/C12H12N4O2/c1-7-5-8(2)16(12(13)14-7)9-3-4-10(15-18)11(17)6-9/h3-6,13,17H,1-2H3. The van der Waals surface area contributed by atoms with Crippen LogP contribution in [0.2, 0.25) is 0 Å². The number of phenols is 1. The van der Waals surface area contributed by atoms with Crippen molar-refractivity contribution in [3.05, 3.63) is 46.2 Å². The summed E-state index contributed by atoms with van der Waals surface area (Å²) in [7, 11) is 0. The van der Waals surface area contributed by atoms with Gasteiger partial charge in [-0.1, -0.05) is 0 Å². The molecule has 0 aliphatic rings. The Balaban J connectivity index is 2.66. The molecule has 0 bridgehead atoms. The van der Waals surface area contributed by atoms with E-state index in [2.05, 4.69) is 10.2 Å². The number of benzene rings is 1. The molecular formula is C12H12N4O2. The van der Waals surface area contributed by atoms with Gasteiger partial charge in [-0.3, -0.25) is 9.98 Å². The molecule has 2 N–H and O–H groups in total. The molecule has 1 aromatic heterocycles. The molecule has 92 valence electrons. The second-order valence-electron chi connectivity index (χ2n) is 3.96. The van der Waals surface area contributed by atoms with Crippen LogP contribution in [0.5, 0.6) is 5.75 Å². The van der Waals surface area contributed by atoms with Gasteiger partial charge in [0.05, 0.1) is 5.69 Å². The van der Waals surface area contributed by atoms with Crippen LogP contribution in [0.4, 0.5) is 5.69 Å². The Hall–Kier alpha value is -2.50. The number of nitrogens with one attached hydrogen (secondary N) is 1. The Morgan fingerprint density at radius 2 is 2.06 bits per heavy atom. The summed E-state index contributed by atoms with van der Waals surface area (Å²) in [6, 6.07) is 6.24. The molecule has 6 nitrogen and oxygen atoms in total. The maximum atomic E-state index is 10.4. The van der Waals surface area contributed by atoms with E-state index in [0.717, 1.165) is 11.4 Å². The van der Waals surface area contributed by atoms with Crippen LogP contribution in [0, 0.1) is 24.2 Å². The van der Waals surface area contributed by atoms with Crippen molar-refractivity contribution in [2.24, 2.45) is 5.18 Å². The molecule has 0 unspecified atom stereocenters. The molecule has 0 aliphatic heterocycles. The van der Waals surface area contributed by atoms with Gasteiger partial charge in [-0.05, 0) is 37.2 Å². The predicted molar refractivity (Wildman–Crippen MR) is 66.0 cm³/mol. The summed E-state index contributed by atoms with van der Waals surface area (Å²) in [5.41, 5.74) is 2.18. The van der Waals surface area contributed by atoms with E-state index in [1.807, 2.05) is 19.9 Å². The number of hydrogen-bond donors (Lipinski definition) is 2. The van der Waals surface area contributed by atoms with Gasteiger partial charge in [0.25, 0.3) is 0 Å². The van der Waals surface area contributed by atoms with Gasteiger partial charge in [0.1, 0.15) is 11.4 Å². The maximum Gasteiger partial charge on any atom is 0.227 e. The molecular weight excluding hydrogens is 232 g/mol. The van der Waals surface area contributed by atoms with E-state index < -0.39 is 0 Å². The minimum Gasteiger partial charge on any atom is -0.505 e. The van der Waals surface area contributed by atoms with Crippen molar-refractivity contribution < 1.29 is 5.11 Å². The summed E-state index contributed by atoms with van der Waals surface area (Å²) in [6.45, 7) is 3.65. The first-order chi connectivity index (χ1) is 8.52. The zero-order chi connectivity index (χ0) is 13.3. The van der Waals surface area contributed by atoms with E-state index in [4.69, 9.17) is 5.41 Å². The lowest BCUT2D eigenvalue weighted by Crippen LogP contribution is -2.24. The highest BCUT2D eigenvalue weighted by Gasteiger charge is 2.07. The molecule has 0 saturated heterocycles. The molecule has 0 spiro atoms. The number of phenolic OH excluding ortho intramolecular Hbond substituents is 1. The van der Waals surface area contributed by atoms with Crippen molar-refractivity contribution in [1.82, 2.24) is 9.55 Å². The van der Waals surface area contributed by atoms with Crippen LogP contribution in [0.1, 0.15) is 11.4 Å². The average Bonchev–Trinajstić information content (AvgIpc) is 2.27. The Bertz CT molecular complexity index is 676. The van der Waals surface area contributed by atoms with E-state index >= 15 is 0 Å². The fourth-order valence-electron chi connectivity index (χ4n) is 1.84. The number of nitrogens with zero attached hydrogens (tertiary/aromatic N) is 3. The Labute approximate surface area is 103 Å². The quantitative estimate of drug-likeness (QED) is 0.792. The predicted octanol–water partition coefficient (Wildman–Crippen LogP) is 2.07. The van der Waals surface area contributed by atoms with Crippen molar-refractivity contribution in [2.45, 2.75) is 13.8 Å². The molecule has 1 heterocycles. The van der Waals surface area contributed by atoms with Gasteiger partial charge in [0.2, 0.25) is 5.62 Å². The number of rotatable bonds is 2. The molecule has 2 rings (SSSR count). The second kappa shape index (κ2) is 4.40. The van der Waals surface area contributed by atoms with E-state index in [9.17, 15) is 10.0 Å². The largest absolute Gasteiger partial charge is 0.505 e. The van der Waals surface area contributed by atoms with E-state index in [-0.39, 0.29) is 17.1 Å². The van der Waals surface area contributed by atoms with Crippen molar-refractivity contribution in [3.63, 3.8) is 0 Å². The highest BCUT2D eigenvalue weighted by molar-refractivity contribution is 5.56. The molecule has 1 aromatic carbocycles. The lowest BCUT2D eigenvalue weighted by Gasteiger charge is -2.11. The molecule has 2 aromatic rings. The van der Waals surface area contributed by atoms with Crippen LogP contribution in [0.3, 0.4) is 0 Å². The summed E-state index contributed by atoms with van der Waals surface area (Å²) in [4.78, 5) is 14.4. The van der Waals surface area contributed by atoms with Crippen molar-refractivity contribution in [3.8, 4) is 11.4 Å². The van der Waals surface area contributed by atoms with Gasteiger partial charge in [0.15, 0.2) is 0 Å². The summed E-state index contributed by atoms with van der Waals surface area (Å²) >= 11 is 0. The van der Waals surface area contributed by atoms with Gasteiger partial charge in [-0.25, -0.2) is 4.98 Å². The molecule has 0 saturated carbocycles. The molecule has 6 heteroatoms. The number of aromatic hydroxyl groups is 1. The normalized spacial score (nSPS) is 10.3. The maximum absolute atomic E-state index is 10.4. The third kappa shape index (κ3) is 2.00. The number of aromatic nitrogens is 2. The highest BCUT2D eigenvalue weighted by atomic mass is 16.3. The summed E-state index contributed by atoms with van der Waals surface area (Å²) in [5, 5.41) is 20.1. The molecule has 0 aliphatic carbocycles. The van der Waals surface area contributed by atoms with Gasteiger partial charge in [0, 0.05) is 17.5 Å². The third-order valence-corrected chi connectivity index (χ3v) is 2.58. The SMILES string of the molecule is Cc1cc(C)n(-c2ccc(N=O)c(O)c2)c(=N)n1. The van der Waals surface area contributed by atoms with Gasteiger partial charge < -0.3 is 5.11 Å². The molecule has 0 atom stereocenters. The molecule has 0 fully saturated rings. The van der Waals surface area contributed by atoms with Crippen LogP contribution in [0.25, 0.3) is 5.69 Å². The minimum absolute atomic E-state index is 0.0244. The van der Waals surface area contributed by atoms with Crippen LogP contribution in [-0.4, -0.2) is 14.7 Å². The van der Waals surface area contributed by atoms with E-state index in [0.29, 0.717) is 5.69 Å². The Morgan fingerprint density at radius 1 is 1.33 bits per heavy atom. The van der Waals surface area contributed by atoms with Crippen LogP contribution >= 0.6 is 0 Å². The van der Waals surface area contributed by atoms with Crippen molar-refractivity contribution in [2.75, 3.05) is 0 Å². The van der Waals surface area contributed by atoms with Crippen LogP contribution in [0.15, 0.2) is 29.4 Å². The van der Waals surface area contributed by atoms with Crippen molar-refractivity contribution >= 4 is 5.69 Å². The molecule has 0 radical (unpaired) electrons. The monoisotopic (exact) mass is 244 g/mol. The van der Waals surface area contributed by atoms with Gasteiger partial charge in [-0.2, -0.15) is 0 Å². The first-order valence-electron chi connectivity index (χ1n) is 5.31. The van der Waals surface area contributed by atoms with Crippen molar-refractivity contribution in [1.29, 1.82) is 5.41 Å². The second-order valence-corrected chi connectivity index (χ2v) is 3.96. The van der Waals surface area contributed by atoms with Gasteiger partial charge >= 0.3 is 0 Å². The lowest BCUT2D eigenvalue weighted by molar-refractivity contribution is 0.476. The Kier molecular flexibility index (Phi) is 2.93. The van der Waals surface area contributed by atoms with E-state index in [1.54, 1.807) is 10.6 Å². The first kappa shape index (κ1) is 12.0. The zero-order valence-electron chi connectivity index (χ0n) is 10.0. The topological polar surface area (TPSA) is 91.3 Å². The number of aryl methyl sites for hydroxylation is 2. The minimum atomic E-state index is -0.214. The fraction of sp³-hybridized carbons (Fsp3) is 0.167. The summed E-state index contributed by atoms with van der Waals surface area (Å²) in [6.07, 6.45) is 0. The summed E-state index contributed by atoms with van der Waals surface area (Å²) in [5.74, 6) is -0.214. The first-order valence-corrected chi connectivity index (χ1v) is 5.31. The van der Waals surface area contributed by atoms with Gasteiger partial charge in [-0.15, -0.1) is 4.91 Å². The fourth-order valence-corrected chi connectivity index (χ4v) is 1.84. The highest BCUT2D eigenvalue weighted by Crippen LogP contribution is 2.28. The lowest BCUT2D eigenvalue weighted by atomic mass is 10.2. The number of hydrogen-bond acceptors (Lipinski definition) is 5. The van der Waals surface area contributed by atoms with E-state index in [1.165, 1.54) is 12.1 Å². The summed E-state index contributed by atoms with van der Waals surface area (Å²) < 4.78 is 1.57. The van der Waals surface area contributed by atoms with Crippen LogP contribution < -0.4 is 5.62 Å². The Morgan fingerprint density at radius 3 is 2.61 bits per heavy atom. The molecule has 0 amide bonds. The van der Waals surface area contributed by atoms with Crippen LogP contribution in [-0.2, 0) is 0 Å². The average molecular weight is 244 g/mol. The number of nitroso groups, excluding NO2 is 1. The smallest absolute Gasteiger partial charge is 0.227 e.